The summed E-state index contributed by atoms with van der Waals surface area (Å²) < 4.78 is 6.14. The number of carbonyl (C=O) groups excluding carboxylic acids is 2. The lowest BCUT2D eigenvalue weighted by atomic mass is 10.2. The number of hydrogen-bond donors (Lipinski definition) is 2. The average molecular weight is 472 g/mol. The number of rotatable bonds is 7. The number of hydrogen-bond acceptors (Lipinski definition) is 5. The van der Waals surface area contributed by atoms with Crippen LogP contribution in [-0.4, -0.2) is 48.0 Å². The maximum atomic E-state index is 12.2. The summed E-state index contributed by atoms with van der Waals surface area (Å²) in [5, 5.41) is 5.81. The summed E-state index contributed by atoms with van der Waals surface area (Å²) >= 11 is 3.98. The Labute approximate surface area is 197 Å². The van der Waals surface area contributed by atoms with Crippen LogP contribution in [0.25, 0.3) is 0 Å². The van der Waals surface area contributed by atoms with Crippen LogP contribution in [0.4, 0.5) is 10.5 Å². The number of anilines is 1. The van der Waals surface area contributed by atoms with E-state index in [9.17, 15) is 9.59 Å². The third-order valence-corrected chi connectivity index (χ3v) is 8.43. The average Bonchev–Trinajstić information content (AvgIpc) is 3.38. The molecule has 0 aliphatic carbocycles. The second kappa shape index (κ2) is 11.5. The first-order valence-electron chi connectivity index (χ1n) is 11.0. The molecule has 0 aromatic heterocycles. The molecule has 2 N–H and O–H groups in total. The maximum absolute atomic E-state index is 12.2. The Bertz CT molecular complexity index is 911. The fourth-order valence-electron chi connectivity index (χ4n) is 3.68. The Morgan fingerprint density at radius 3 is 2.50 bits per heavy atom. The van der Waals surface area contributed by atoms with E-state index in [4.69, 9.17) is 4.74 Å². The Morgan fingerprint density at radius 2 is 1.75 bits per heavy atom. The standard InChI is InChI=1S/C24H29N3O3S2/c28-22(17-30-21-9-7-19(8-10-21)23-31-13-4-14-32-23)25-16-18-5-3-6-20(15-18)26-24(29)27-11-1-2-12-27/h3,5-10,15,23H,1-2,4,11-14,16-17H2,(H,25,28)(H,26,29). The highest BCUT2D eigenvalue weighted by Gasteiger charge is 2.18. The van der Waals surface area contributed by atoms with Crippen molar-refractivity contribution in [2.75, 3.05) is 36.5 Å². The highest BCUT2D eigenvalue weighted by atomic mass is 32.2. The van der Waals surface area contributed by atoms with Crippen LogP contribution in [0.3, 0.4) is 0 Å². The molecule has 0 spiro atoms. The van der Waals surface area contributed by atoms with Crippen LogP contribution in [0, 0.1) is 0 Å². The first kappa shape index (κ1) is 22.9. The van der Waals surface area contributed by atoms with Gasteiger partial charge in [0, 0.05) is 25.3 Å². The minimum Gasteiger partial charge on any atom is -0.484 e. The third kappa shape index (κ3) is 6.59. The zero-order valence-corrected chi connectivity index (χ0v) is 19.7. The topological polar surface area (TPSA) is 70.7 Å². The molecule has 4 rings (SSSR count). The maximum Gasteiger partial charge on any atom is 0.321 e. The Hall–Kier alpha value is -2.32. The van der Waals surface area contributed by atoms with E-state index in [0.29, 0.717) is 16.9 Å². The zero-order valence-electron chi connectivity index (χ0n) is 18.0. The molecule has 32 heavy (non-hydrogen) atoms. The molecule has 2 aliphatic rings. The quantitative estimate of drug-likeness (QED) is 0.602. The number of ether oxygens (including phenoxy) is 1. The molecule has 2 saturated heterocycles. The van der Waals surface area contributed by atoms with Crippen LogP contribution in [0.2, 0.25) is 0 Å². The predicted molar refractivity (Wildman–Crippen MR) is 132 cm³/mol. The van der Waals surface area contributed by atoms with Gasteiger partial charge in [0.15, 0.2) is 6.61 Å². The fraction of sp³-hybridized carbons (Fsp3) is 0.417. The zero-order chi connectivity index (χ0) is 22.2. The van der Waals surface area contributed by atoms with E-state index in [1.54, 1.807) is 0 Å². The summed E-state index contributed by atoms with van der Waals surface area (Å²) in [6.45, 7) is 1.97. The second-order valence-electron chi connectivity index (χ2n) is 7.89. The summed E-state index contributed by atoms with van der Waals surface area (Å²) in [5.74, 6) is 2.94. The lowest BCUT2D eigenvalue weighted by molar-refractivity contribution is -0.123. The van der Waals surface area contributed by atoms with Crippen LogP contribution in [0.1, 0.15) is 35.0 Å². The van der Waals surface area contributed by atoms with Crippen molar-refractivity contribution in [1.29, 1.82) is 0 Å². The first-order chi connectivity index (χ1) is 15.7. The smallest absolute Gasteiger partial charge is 0.321 e. The first-order valence-corrected chi connectivity index (χ1v) is 13.1. The normalized spacial score (nSPS) is 16.6. The molecule has 0 saturated carbocycles. The van der Waals surface area contributed by atoms with Crippen molar-refractivity contribution < 1.29 is 14.3 Å². The molecule has 0 bridgehead atoms. The number of thioether (sulfide) groups is 2. The molecule has 0 radical (unpaired) electrons. The number of nitrogens with zero attached hydrogens (tertiary/aromatic N) is 1. The molecule has 2 aromatic rings. The minimum atomic E-state index is -0.182. The fourth-order valence-corrected chi connectivity index (χ4v) is 6.58. The van der Waals surface area contributed by atoms with Crippen LogP contribution in [-0.2, 0) is 11.3 Å². The summed E-state index contributed by atoms with van der Waals surface area (Å²) in [6, 6.07) is 15.5. The molecule has 2 heterocycles. The van der Waals surface area contributed by atoms with Crippen molar-refractivity contribution in [2.24, 2.45) is 0 Å². The summed E-state index contributed by atoms with van der Waals surface area (Å²) in [4.78, 5) is 26.3. The highest BCUT2D eigenvalue weighted by molar-refractivity contribution is 8.16. The van der Waals surface area contributed by atoms with Crippen LogP contribution < -0.4 is 15.4 Å². The highest BCUT2D eigenvalue weighted by Crippen LogP contribution is 2.43. The number of benzene rings is 2. The van der Waals surface area contributed by atoms with Gasteiger partial charge >= 0.3 is 6.03 Å². The van der Waals surface area contributed by atoms with Crippen molar-refractivity contribution in [1.82, 2.24) is 10.2 Å². The SMILES string of the molecule is O=C(COc1ccc(C2SCCCS2)cc1)NCc1cccc(NC(=O)N2CCCC2)c1. The molecule has 3 amide bonds. The summed E-state index contributed by atoms with van der Waals surface area (Å²) in [5.41, 5.74) is 2.96. The van der Waals surface area contributed by atoms with Crippen molar-refractivity contribution in [3.8, 4) is 5.75 Å². The van der Waals surface area contributed by atoms with Gasteiger partial charge in [0.25, 0.3) is 5.91 Å². The molecule has 2 fully saturated rings. The van der Waals surface area contributed by atoms with E-state index < -0.39 is 0 Å². The van der Waals surface area contributed by atoms with Gasteiger partial charge in [-0.05, 0) is 66.2 Å². The lowest BCUT2D eigenvalue weighted by Crippen LogP contribution is -2.32. The van der Waals surface area contributed by atoms with E-state index >= 15 is 0 Å². The monoisotopic (exact) mass is 471 g/mol. The van der Waals surface area contributed by atoms with Crippen LogP contribution >= 0.6 is 23.5 Å². The number of likely N-dealkylation sites (tertiary alicyclic amines) is 1. The second-order valence-corrected chi connectivity index (χ2v) is 10.6. The van der Waals surface area contributed by atoms with E-state index in [0.717, 1.165) is 37.2 Å². The van der Waals surface area contributed by atoms with E-state index in [-0.39, 0.29) is 18.5 Å². The van der Waals surface area contributed by atoms with Gasteiger partial charge < -0.3 is 20.3 Å². The molecule has 8 heteroatoms. The minimum absolute atomic E-state index is 0.0301. The van der Waals surface area contributed by atoms with Gasteiger partial charge in [0.05, 0.1) is 4.58 Å². The van der Waals surface area contributed by atoms with Crippen LogP contribution in [0.15, 0.2) is 48.5 Å². The van der Waals surface area contributed by atoms with Crippen molar-refractivity contribution >= 4 is 41.1 Å². The molecular weight excluding hydrogens is 442 g/mol. The van der Waals surface area contributed by atoms with Crippen molar-refractivity contribution in [3.63, 3.8) is 0 Å². The molecule has 2 aromatic carbocycles. The number of carbonyl (C=O) groups is 2. The lowest BCUT2D eigenvalue weighted by Gasteiger charge is -2.21. The molecule has 0 unspecified atom stereocenters. The van der Waals surface area contributed by atoms with E-state index in [1.807, 2.05) is 64.8 Å². The predicted octanol–water partition coefficient (Wildman–Crippen LogP) is 4.88. The van der Waals surface area contributed by atoms with Gasteiger partial charge in [0.1, 0.15) is 5.75 Å². The molecule has 0 atom stereocenters. The summed E-state index contributed by atoms with van der Waals surface area (Å²) in [6.07, 6.45) is 3.40. The van der Waals surface area contributed by atoms with Gasteiger partial charge in [-0.2, -0.15) is 0 Å². The van der Waals surface area contributed by atoms with Gasteiger partial charge in [-0.1, -0.05) is 24.3 Å². The number of nitrogens with one attached hydrogen (secondary N) is 2. The molecule has 6 nitrogen and oxygen atoms in total. The number of urea groups is 1. The van der Waals surface area contributed by atoms with E-state index in [2.05, 4.69) is 22.8 Å². The Morgan fingerprint density at radius 1 is 1.00 bits per heavy atom. The van der Waals surface area contributed by atoms with Gasteiger partial charge in [-0.25, -0.2) is 4.79 Å². The third-order valence-electron chi connectivity index (χ3n) is 5.41. The molecule has 170 valence electrons. The van der Waals surface area contributed by atoms with Crippen molar-refractivity contribution in [3.05, 3.63) is 59.7 Å². The van der Waals surface area contributed by atoms with Crippen LogP contribution in [0.5, 0.6) is 5.75 Å². The summed E-state index contributed by atoms with van der Waals surface area (Å²) in [7, 11) is 0. The van der Waals surface area contributed by atoms with Gasteiger partial charge in [-0.15, -0.1) is 23.5 Å². The molecular formula is C24H29N3O3S2. The largest absolute Gasteiger partial charge is 0.484 e. The number of amides is 3. The Balaban J connectivity index is 1.20. The van der Waals surface area contributed by atoms with E-state index in [1.165, 1.54) is 23.5 Å². The van der Waals surface area contributed by atoms with Gasteiger partial charge in [0.2, 0.25) is 0 Å². The molecule has 2 aliphatic heterocycles. The van der Waals surface area contributed by atoms with Gasteiger partial charge in [-0.3, -0.25) is 4.79 Å². The Kier molecular flexibility index (Phi) is 8.23. The van der Waals surface area contributed by atoms with Crippen molar-refractivity contribution in [2.45, 2.75) is 30.4 Å².